The van der Waals surface area contributed by atoms with Crippen molar-refractivity contribution < 1.29 is 14.4 Å². The number of nitrogens with zero attached hydrogens (tertiary/aromatic N) is 2. The van der Waals surface area contributed by atoms with Gasteiger partial charge < -0.3 is 15.0 Å². The second-order valence-corrected chi connectivity index (χ2v) is 7.11. The van der Waals surface area contributed by atoms with Crippen LogP contribution in [0.5, 0.6) is 0 Å². The molecule has 0 bridgehead atoms. The van der Waals surface area contributed by atoms with E-state index < -0.39 is 0 Å². The smallest absolute Gasteiger partial charge is 0.410 e. The Balaban J connectivity index is 1.49. The third-order valence-corrected chi connectivity index (χ3v) is 5.09. The summed E-state index contributed by atoms with van der Waals surface area (Å²) in [5.41, 5.74) is 3.40. The van der Waals surface area contributed by atoms with Crippen molar-refractivity contribution in [2.45, 2.75) is 20.4 Å². The maximum Gasteiger partial charge on any atom is 0.410 e. The first-order valence-corrected chi connectivity index (χ1v) is 9.55. The number of anilines is 2. The maximum atomic E-state index is 11.7. The number of thiazole rings is 1. The van der Waals surface area contributed by atoms with Crippen molar-refractivity contribution >= 4 is 28.2 Å². The molecule has 134 valence electrons. The molecular weight excluding hydrogens is 336 g/mol. The minimum absolute atomic E-state index is 0.195. The molecule has 1 aromatic carbocycles. The molecule has 0 unspecified atom stereocenters. The molecule has 1 saturated heterocycles. The van der Waals surface area contributed by atoms with Crippen LogP contribution in [0.4, 0.5) is 15.6 Å². The van der Waals surface area contributed by atoms with Gasteiger partial charge in [0.15, 0.2) is 5.13 Å². The monoisotopic (exact) mass is 361 g/mol. The van der Waals surface area contributed by atoms with Crippen LogP contribution in [0.1, 0.15) is 18.2 Å². The van der Waals surface area contributed by atoms with E-state index in [1.165, 1.54) is 10.5 Å². The van der Waals surface area contributed by atoms with Gasteiger partial charge in [-0.25, -0.2) is 9.78 Å². The highest BCUT2D eigenvalue weighted by Gasteiger charge is 2.25. The zero-order valence-electron chi connectivity index (χ0n) is 14.7. The van der Waals surface area contributed by atoms with Crippen molar-refractivity contribution in [2.24, 2.45) is 0 Å². The molecule has 1 aromatic heterocycles. The van der Waals surface area contributed by atoms with Gasteiger partial charge in [0, 0.05) is 11.1 Å². The standard InChI is InChI=1S/C18H24N4O2S/c1-3-24-18(23)22-10-8-21(9-11-22)12-16-13-25-17(20-16)19-15-6-4-14(2)5-7-15/h4-7,13H,3,8-12H2,1-2H3,(H,19,20)/p+1. The van der Waals surface area contributed by atoms with Crippen molar-refractivity contribution in [3.05, 3.63) is 40.9 Å². The molecule has 0 saturated carbocycles. The van der Waals surface area contributed by atoms with E-state index in [9.17, 15) is 4.79 Å². The number of carbonyl (C=O) groups excluding carboxylic acids is 1. The van der Waals surface area contributed by atoms with Crippen LogP contribution < -0.4 is 10.2 Å². The molecule has 0 radical (unpaired) electrons. The zero-order valence-corrected chi connectivity index (χ0v) is 15.6. The lowest BCUT2D eigenvalue weighted by Crippen LogP contribution is -3.13. The van der Waals surface area contributed by atoms with Crippen LogP contribution in [-0.4, -0.2) is 48.8 Å². The van der Waals surface area contributed by atoms with Crippen molar-refractivity contribution in [3.8, 4) is 0 Å². The van der Waals surface area contributed by atoms with Gasteiger partial charge in [0.05, 0.1) is 32.8 Å². The third kappa shape index (κ3) is 4.93. The fourth-order valence-electron chi connectivity index (χ4n) is 2.86. The lowest BCUT2D eigenvalue weighted by atomic mass is 10.2. The fourth-order valence-corrected chi connectivity index (χ4v) is 3.59. The number of ether oxygens (including phenoxy) is 1. The average Bonchev–Trinajstić information content (AvgIpc) is 3.05. The van der Waals surface area contributed by atoms with Gasteiger partial charge in [0.2, 0.25) is 0 Å². The predicted octanol–water partition coefficient (Wildman–Crippen LogP) is 2.05. The highest BCUT2D eigenvalue weighted by Crippen LogP contribution is 2.20. The summed E-state index contributed by atoms with van der Waals surface area (Å²) in [6.07, 6.45) is -0.195. The van der Waals surface area contributed by atoms with E-state index in [1.807, 2.05) is 6.92 Å². The van der Waals surface area contributed by atoms with Gasteiger partial charge in [0.25, 0.3) is 0 Å². The van der Waals surface area contributed by atoms with Crippen LogP contribution >= 0.6 is 11.3 Å². The summed E-state index contributed by atoms with van der Waals surface area (Å²) in [5, 5.41) is 6.39. The zero-order chi connectivity index (χ0) is 17.6. The number of hydrogen-bond donors (Lipinski definition) is 2. The van der Waals surface area contributed by atoms with E-state index in [0.717, 1.165) is 49.2 Å². The van der Waals surface area contributed by atoms with Crippen LogP contribution in [0.15, 0.2) is 29.6 Å². The van der Waals surface area contributed by atoms with E-state index in [-0.39, 0.29) is 6.09 Å². The Labute approximate surface area is 152 Å². The molecule has 1 aliphatic heterocycles. The number of hydrogen-bond acceptors (Lipinski definition) is 5. The molecule has 1 amide bonds. The molecule has 1 fully saturated rings. The first-order valence-electron chi connectivity index (χ1n) is 8.67. The molecule has 2 aromatic rings. The lowest BCUT2D eigenvalue weighted by molar-refractivity contribution is -0.917. The van der Waals surface area contributed by atoms with E-state index >= 15 is 0 Å². The Hall–Kier alpha value is -2.12. The van der Waals surface area contributed by atoms with Gasteiger partial charge in [-0.1, -0.05) is 17.7 Å². The molecule has 0 aliphatic carbocycles. The Morgan fingerprint density at radius 2 is 2.04 bits per heavy atom. The predicted molar refractivity (Wildman–Crippen MR) is 99.6 cm³/mol. The van der Waals surface area contributed by atoms with Crippen LogP contribution in [-0.2, 0) is 11.3 Å². The van der Waals surface area contributed by atoms with Gasteiger partial charge in [-0.05, 0) is 26.0 Å². The summed E-state index contributed by atoms with van der Waals surface area (Å²) in [5.74, 6) is 0. The SMILES string of the molecule is CCOC(=O)N1CC[NH+](Cc2csc(Nc3ccc(C)cc3)n2)CC1. The Morgan fingerprint density at radius 1 is 1.32 bits per heavy atom. The van der Waals surface area contributed by atoms with Crippen LogP contribution in [0, 0.1) is 6.92 Å². The number of nitrogens with one attached hydrogen (secondary N) is 2. The Morgan fingerprint density at radius 3 is 2.72 bits per heavy atom. The van der Waals surface area contributed by atoms with Crippen LogP contribution in [0.25, 0.3) is 0 Å². The molecule has 7 heteroatoms. The normalized spacial score (nSPS) is 15.2. The molecule has 6 nitrogen and oxygen atoms in total. The average molecular weight is 361 g/mol. The minimum atomic E-state index is -0.195. The third-order valence-electron chi connectivity index (χ3n) is 4.28. The summed E-state index contributed by atoms with van der Waals surface area (Å²) in [6.45, 7) is 8.58. The number of aryl methyl sites for hydroxylation is 1. The van der Waals surface area contributed by atoms with Crippen molar-refractivity contribution in [2.75, 3.05) is 38.1 Å². The lowest BCUT2D eigenvalue weighted by Gasteiger charge is -2.31. The molecule has 2 N–H and O–H groups in total. The van der Waals surface area contributed by atoms with Crippen LogP contribution in [0.3, 0.4) is 0 Å². The second-order valence-electron chi connectivity index (χ2n) is 6.25. The highest BCUT2D eigenvalue weighted by atomic mass is 32.1. The Kier molecular flexibility index (Phi) is 5.88. The first kappa shape index (κ1) is 17.7. The number of carbonyl (C=O) groups is 1. The quantitative estimate of drug-likeness (QED) is 0.856. The van der Waals surface area contributed by atoms with Gasteiger partial charge >= 0.3 is 6.09 Å². The number of quaternary nitrogens is 1. The fraction of sp³-hybridized carbons (Fsp3) is 0.444. The number of aromatic nitrogens is 1. The van der Waals surface area contributed by atoms with Gasteiger partial charge in [-0.2, -0.15) is 0 Å². The van der Waals surface area contributed by atoms with Gasteiger partial charge in [-0.15, -0.1) is 11.3 Å². The molecule has 1 aliphatic rings. The largest absolute Gasteiger partial charge is 0.450 e. The molecule has 0 atom stereocenters. The summed E-state index contributed by atoms with van der Waals surface area (Å²) < 4.78 is 5.06. The van der Waals surface area contributed by atoms with Gasteiger partial charge in [-0.3, -0.25) is 4.90 Å². The Bertz CT molecular complexity index is 693. The van der Waals surface area contributed by atoms with Crippen LogP contribution in [0.2, 0.25) is 0 Å². The molecule has 0 spiro atoms. The number of benzene rings is 1. The summed E-state index contributed by atoms with van der Waals surface area (Å²) in [7, 11) is 0. The number of amides is 1. The molecule has 25 heavy (non-hydrogen) atoms. The molecule has 3 rings (SSSR count). The molecule has 2 heterocycles. The maximum absolute atomic E-state index is 11.7. The highest BCUT2D eigenvalue weighted by molar-refractivity contribution is 7.13. The summed E-state index contributed by atoms with van der Waals surface area (Å²) in [4.78, 5) is 19.7. The van der Waals surface area contributed by atoms with Crippen molar-refractivity contribution in [1.82, 2.24) is 9.88 Å². The number of rotatable bonds is 5. The van der Waals surface area contributed by atoms with E-state index in [2.05, 4.69) is 46.9 Å². The van der Waals surface area contributed by atoms with Gasteiger partial charge in [0.1, 0.15) is 12.2 Å². The number of piperazine rings is 1. The second kappa shape index (κ2) is 8.31. The van der Waals surface area contributed by atoms with E-state index in [0.29, 0.717) is 6.61 Å². The topological polar surface area (TPSA) is 58.9 Å². The van der Waals surface area contributed by atoms with E-state index in [4.69, 9.17) is 4.74 Å². The van der Waals surface area contributed by atoms with Crippen molar-refractivity contribution in [3.63, 3.8) is 0 Å². The van der Waals surface area contributed by atoms with Crippen molar-refractivity contribution in [1.29, 1.82) is 0 Å². The first-order chi connectivity index (χ1) is 12.1. The minimum Gasteiger partial charge on any atom is -0.450 e. The summed E-state index contributed by atoms with van der Waals surface area (Å²) in [6, 6.07) is 8.31. The van der Waals surface area contributed by atoms with E-state index in [1.54, 1.807) is 16.2 Å². The summed E-state index contributed by atoms with van der Waals surface area (Å²) >= 11 is 1.63. The molecular formula is C18H25N4O2S+.